The largest absolute Gasteiger partial charge is 0.467 e. The van der Waals surface area contributed by atoms with Gasteiger partial charge in [0.05, 0.1) is 18.6 Å². The number of carbonyl (C=O) groups is 2. The van der Waals surface area contributed by atoms with Crippen molar-refractivity contribution in [1.29, 1.82) is 0 Å². The van der Waals surface area contributed by atoms with Crippen LogP contribution in [0.1, 0.15) is 45.2 Å². The van der Waals surface area contributed by atoms with Crippen molar-refractivity contribution >= 4 is 17.5 Å². The van der Waals surface area contributed by atoms with Crippen molar-refractivity contribution in [2.24, 2.45) is 0 Å². The predicted octanol–water partition coefficient (Wildman–Crippen LogP) is 3.92. The minimum absolute atomic E-state index is 0.209. The first-order valence-corrected chi connectivity index (χ1v) is 7.84. The smallest absolute Gasteiger partial charge is 0.291 e. The Bertz CT molecular complexity index is 867. The first-order valence-electron chi connectivity index (χ1n) is 7.84. The minimum Gasteiger partial charge on any atom is -0.467 e. The average Bonchev–Trinajstić information content (AvgIpc) is 3.30. The van der Waals surface area contributed by atoms with Crippen molar-refractivity contribution in [3.8, 4) is 0 Å². The summed E-state index contributed by atoms with van der Waals surface area (Å²) >= 11 is 0. The van der Waals surface area contributed by atoms with Crippen LogP contribution >= 0.6 is 0 Å². The fourth-order valence-electron chi connectivity index (χ4n) is 2.38. The zero-order valence-corrected chi connectivity index (χ0v) is 13.9. The molecule has 2 amide bonds. The number of aryl methyl sites for hydroxylation is 1. The lowest BCUT2D eigenvalue weighted by molar-refractivity contribution is 0.0934. The number of furan rings is 2. The summed E-state index contributed by atoms with van der Waals surface area (Å²) in [6.07, 6.45) is 2.99. The van der Waals surface area contributed by atoms with E-state index in [0.29, 0.717) is 17.0 Å². The molecule has 128 valence electrons. The normalized spacial score (nSPS) is 11.8. The van der Waals surface area contributed by atoms with Crippen LogP contribution in [0.25, 0.3) is 0 Å². The summed E-state index contributed by atoms with van der Waals surface area (Å²) in [6.45, 7) is 3.69. The quantitative estimate of drug-likeness (QED) is 0.738. The van der Waals surface area contributed by atoms with E-state index in [-0.39, 0.29) is 23.6 Å². The first-order chi connectivity index (χ1) is 12.0. The van der Waals surface area contributed by atoms with Gasteiger partial charge in [-0.2, -0.15) is 0 Å². The lowest BCUT2D eigenvalue weighted by Gasteiger charge is -2.13. The number of nitrogens with one attached hydrogen (secondary N) is 2. The second-order valence-corrected chi connectivity index (χ2v) is 5.67. The third kappa shape index (κ3) is 3.80. The molecule has 2 heterocycles. The summed E-state index contributed by atoms with van der Waals surface area (Å²) in [5.41, 5.74) is 1.84. The van der Waals surface area contributed by atoms with Crippen LogP contribution in [0.5, 0.6) is 0 Å². The number of benzene rings is 1. The zero-order valence-electron chi connectivity index (χ0n) is 13.9. The van der Waals surface area contributed by atoms with E-state index in [9.17, 15) is 9.59 Å². The number of amides is 2. The van der Waals surface area contributed by atoms with Gasteiger partial charge < -0.3 is 19.5 Å². The van der Waals surface area contributed by atoms with Crippen molar-refractivity contribution in [2.75, 3.05) is 5.32 Å². The van der Waals surface area contributed by atoms with E-state index >= 15 is 0 Å². The predicted molar refractivity (Wildman–Crippen MR) is 92.4 cm³/mol. The van der Waals surface area contributed by atoms with E-state index in [1.54, 1.807) is 48.7 Å². The van der Waals surface area contributed by atoms with Gasteiger partial charge in [-0.15, -0.1) is 0 Å². The van der Waals surface area contributed by atoms with Gasteiger partial charge in [0, 0.05) is 11.3 Å². The van der Waals surface area contributed by atoms with Gasteiger partial charge in [0.25, 0.3) is 11.8 Å². The van der Waals surface area contributed by atoms with Gasteiger partial charge in [-0.25, -0.2) is 0 Å². The molecule has 3 aromatic rings. The third-order valence-electron chi connectivity index (χ3n) is 3.81. The average molecular weight is 338 g/mol. The van der Waals surface area contributed by atoms with E-state index in [1.807, 2.05) is 13.8 Å². The van der Waals surface area contributed by atoms with E-state index < -0.39 is 0 Å². The van der Waals surface area contributed by atoms with E-state index in [0.717, 1.165) is 5.56 Å². The number of hydrogen-bond acceptors (Lipinski definition) is 4. The van der Waals surface area contributed by atoms with Gasteiger partial charge in [0.1, 0.15) is 5.76 Å². The van der Waals surface area contributed by atoms with E-state index in [1.165, 1.54) is 6.26 Å². The topological polar surface area (TPSA) is 84.5 Å². The van der Waals surface area contributed by atoms with E-state index in [2.05, 4.69) is 10.6 Å². The van der Waals surface area contributed by atoms with Gasteiger partial charge in [-0.3, -0.25) is 9.59 Å². The number of carbonyl (C=O) groups excluding carboxylic acids is 2. The monoisotopic (exact) mass is 338 g/mol. The molecule has 0 unspecified atom stereocenters. The summed E-state index contributed by atoms with van der Waals surface area (Å²) in [4.78, 5) is 24.6. The SMILES string of the molecule is Cc1ccc(C(=O)N[C@H](C)c2ccco2)cc1NC(=O)c1ccco1. The van der Waals surface area contributed by atoms with Crippen molar-refractivity contribution in [1.82, 2.24) is 5.32 Å². The summed E-state index contributed by atoms with van der Waals surface area (Å²) in [5.74, 6) is 0.263. The molecule has 1 aromatic carbocycles. The maximum Gasteiger partial charge on any atom is 0.291 e. The van der Waals surface area contributed by atoms with Gasteiger partial charge in [0.15, 0.2) is 5.76 Å². The van der Waals surface area contributed by atoms with E-state index in [4.69, 9.17) is 8.83 Å². The lowest BCUT2D eigenvalue weighted by Crippen LogP contribution is -2.26. The maximum absolute atomic E-state index is 12.4. The van der Waals surface area contributed by atoms with Gasteiger partial charge in [-0.1, -0.05) is 6.07 Å². The Kier molecular flexibility index (Phi) is 4.70. The number of hydrogen-bond donors (Lipinski definition) is 2. The minimum atomic E-state index is -0.366. The van der Waals surface area contributed by atoms with Crippen LogP contribution in [0.15, 0.2) is 63.8 Å². The molecule has 0 saturated heterocycles. The molecular formula is C19H18N2O4. The molecular weight excluding hydrogens is 320 g/mol. The van der Waals surface area contributed by atoms with Gasteiger partial charge in [-0.05, 0) is 55.8 Å². The second kappa shape index (κ2) is 7.09. The summed E-state index contributed by atoms with van der Waals surface area (Å²) < 4.78 is 10.4. The molecule has 0 fully saturated rings. The summed E-state index contributed by atoms with van der Waals surface area (Å²) in [6, 6.07) is 11.7. The molecule has 0 spiro atoms. The Morgan fingerprint density at radius 1 is 1.00 bits per heavy atom. The molecule has 1 atom stereocenters. The molecule has 0 saturated carbocycles. The van der Waals surface area contributed by atoms with Crippen LogP contribution in [0.2, 0.25) is 0 Å². The van der Waals surface area contributed by atoms with Crippen molar-refractivity contribution in [2.45, 2.75) is 19.9 Å². The summed E-state index contributed by atoms with van der Waals surface area (Å²) in [5, 5.41) is 5.62. The highest BCUT2D eigenvalue weighted by Gasteiger charge is 2.16. The molecule has 3 rings (SSSR count). The molecule has 0 aliphatic heterocycles. The third-order valence-corrected chi connectivity index (χ3v) is 3.81. The Labute approximate surface area is 144 Å². The molecule has 6 nitrogen and oxygen atoms in total. The van der Waals surface area contributed by atoms with Crippen LogP contribution in [0, 0.1) is 6.92 Å². The second-order valence-electron chi connectivity index (χ2n) is 5.67. The van der Waals surface area contributed by atoms with Crippen LogP contribution in [0.3, 0.4) is 0 Å². The number of rotatable bonds is 5. The zero-order chi connectivity index (χ0) is 17.8. The highest BCUT2D eigenvalue weighted by Crippen LogP contribution is 2.19. The molecule has 6 heteroatoms. The first kappa shape index (κ1) is 16.6. The fourth-order valence-corrected chi connectivity index (χ4v) is 2.38. The standard InChI is InChI=1S/C19H18N2O4/c1-12-7-8-14(18(22)20-13(2)16-5-3-9-24-16)11-15(12)21-19(23)17-6-4-10-25-17/h3-11,13H,1-2H3,(H,20,22)(H,21,23)/t13-/m1/s1. The molecule has 0 bridgehead atoms. The van der Waals surface area contributed by atoms with Gasteiger partial charge >= 0.3 is 0 Å². The molecule has 2 N–H and O–H groups in total. The Morgan fingerprint density at radius 2 is 1.76 bits per heavy atom. The lowest BCUT2D eigenvalue weighted by atomic mass is 10.1. The maximum atomic E-state index is 12.4. The Hall–Kier alpha value is -3.28. The highest BCUT2D eigenvalue weighted by atomic mass is 16.3. The highest BCUT2D eigenvalue weighted by molar-refractivity contribution is 6.03. The van der Waals surface area contributed by atoms with Crippen LogP contribution < -0.4 is 10.6 Å². The molecule has 0 aliphatic rings. The fraction of sp³-hybridized carbons (Fsp3) is 0.158. The summed E-state index contributed by atoms with van der Waals surface area (Å²) in [7, 11) is 0. The van der Waals surface area contributed by atoms with Gasteiger partial charge in [0.2, 0.25) is 0 Å². The molecule has 2 aromatic heterocycles. The number of anilines is 1. The van der Waals surface area contributed by atoms with Crippen LogP contribution in [-0.4, -0.2) is 11.8 Å². The van der Waals surface area contributed by atoms with Crippen molar-refractivity contribution < 1.29 is 18.4 Å². The van der Waals surface area contributed by atoms with Crippen molar-refractivity contribution in [3.05, 3.63) is 77.6 Å². The Balaban J connectivity index is 1.74. The van der Waals surface area contributed by atoms with Crippen LogP contribution in [-0.2, 0) is 0 Å². The van der Waals surface area contributed by atoms with Crippen molar-refractivity contribution in [3.63, 3.8) is 0 Å². The molecule has 25 heavy (non-hydrogen) atoms. The molecule has 0 radical (unpaired) electrons. The molecule has 0 aliphatic carbocycles. The van der Waals surface area contributed by atoms with Crippen LogP contribution in [0.4, 0.5) is 5.69 Å². The Morgan fingerprint density at radius 3 is 2.44 bits per heavy atom.